The van der Waals surface area contributed by atoms with E-state index < -0.39 is 0 Å². The van der Waals surface area contributed by atoms with Gasteiger partial charge >= 0.3 is 0 Å². The smallest absolute Gasteiger partial charge is 0 e. The number of nitrogens with one attached hydrogen (secondary N) is 1. The Balaban J connectivity index is 0. The minimum Gasteiger partial charge on any atom is -0.374 e. The molecular formula is C12H16NY2-3. The number of hydrogen-bond acceptors (Lipinski definition) is 1. The molecule has 1 aromatic rings. The van der Waals surface area contributed by atoms with E-state index in [1.54, 1.807) is 0 Å². The first-order chi connectivity index (χ1) is 6.39. The molecule has 0 unspecified atom stereocenters. The minimum absolute atomic E-state index is 0. The van der Waals surface area contributed by atoms with E-state index in [0.29, 0.717) is 0 Å². The molecule has 0 saturated carbocycles. The number of piperidine rings is 1. The Morgan fingerprint density at radius 2 is 1.87 bits per heavy atom. The van der Waals surface area contributed by atoms with Crippen LogP contribution >= 0.6 is 0 Å². The Bertz CT molecular complexity index is 199. The second-order valence-electron chi connectivity index (χ2n) is 3.00. The topological polar surface area (TPSA) is 12.0 Å². The summed E-state index contributed by atoms with van der Waals surface area (Å²) in [6.07, 6.45) is 4.86. The molecule has 1 nitrogen and oxygen atoms in total. The van der Waals surface area contributed by atoms with Crippen LogP contribution in [0.4, 0.5) is 0 Å². The zero-order valence-electron chi connectivity index (χ0n) is 9.08. The van der Waals surface area contributed by atoms with Gasteiger partial charge in [0.2, 0.25) is 0 Å². The molecule has 0 aromatic heterocycles. The molecule has 1 heterocycles. The molecule has 0 atom stereocenters. The van der Waals surface area contributed by atoms with Gasteiger partial charge in [-0.2, -0.15) is 25.0 Å². The van der Waals surface area contributed by atoms with Gasteiger partial charge in [-0.1, -0.05) is 0 Å². The largest absolute Gasteiger partial charge is 0.374 e. The molecule has 1 N–H and O–H groups in total. The average molecular weight is 352 g/mol. The van der Waals surface area contributed by atoms with Crippen molar-refractivity contribution < 1.29 is 65.4 Å². The van der Waals surface area contributed by atoms with Crippen molar-refractivity contribution >= 4 is 0 Å². The Morgan fingerprint density at radius 3 is 2.07 bits per heavy atom. The molecule has 1 fully saturated rings. The maximum atomic E-state index is 3.66. The second-order valence-corrected chi connectivity index (χ2v) is 3.00. The predicted molar refractivity (Wildman–Crippen MR) is 56.1 cm³/mol. The molecule has 1 aliphatic rings. The normalized spacial score (nSPS) is 13.6. The van der Waals surface area contributed by atoms with E-state index in [4.69, 9.17) is 0 Å². The van der Waals surface area contributed by atoms with E-state index in [1.807, 2.05) is 24.3 Å². The van der Waals surface area contributed by atoms with Crippen molar-refractivity contribution in [3.05, 3.63) is 49.2 Å². The zero-order chi connectivity index (χ0) is 9.36. The summed E-state index contributed by atoms with van der Waals surface area (Å²) in [5, 5.41) is 3.25. The van der Waals surface area contributed by atoms with E-state index in [1.165, 1.54) is 25.9 Å². The van der Waals surface area contributed by atoms with E-state index >= 15 is 0 Å². The van der Waals surface area contributed by atoms with Crippen molar-refractivity contribution in [2.24, 2.45) is 0 Å². The summed E-state index contributed by atoms with van der Waals surface area (Å²) in [6.45, 7) is 6.05. The van der Waals surface area contributed by atoms with Gasteiger partial charge in [-0.3, -0.25) is 6.07 Å². The first-order valence-corrected chi connectivity index (χ1v) is 4.70. The monoisotopic (exact) mass is 352 g/mol. The molecule has 1 aromatic carbocycles. The summed E-state index contributed by atoms with van der Waals surface area (Å²) >= 11 is 0. The van der Waals surface area contributed by atoms with Crippen LogP contribution < -0.4 is 5.32 Å². The van der Waals surface area contributed by atoms with Crippen LogP contribution in [0.25, 0.3) is 0 Å². The maximum absolute atomic E-state index is 3.66. The van der Waals surface area contributed by atoms with Crippen LogP contribution in [0.15, 0.2) is 24.3 Å². The van der Waals surface area contributed by atoms with Crippen molar-refractivity contribution in [1.82, 2.24) is 5.32 Å². The van der Waals surface area contributed by atoms with Gasteiger partial charge in [-0.15, -0.1) is 6.07 Å². The Labute approximate surface area is 144 Å². The summed E-state index contributed by atoms with van der Waals surface area (Å²) < 4.78 is 0. The summed E-state index contributed by atoms with van der Waals surface area (Å²) in [5.74, 6) is 0. The molecule has 0 amide bonds. The SMILES string of the molecule is [CH-]1CCNCC1.[CH2-]c1[c-]cccc1.[Y].[Y]. The maximum Gasteiger partial charge on any atom is 0 e. The van der Waals surface area contributed by atoms with Gasteiger partial charge in [0.15, 0.2) is 0 Å². The quantitative estimate of drug-likeness (QED) is 0.707. The molecule has 0 bridgehead atoms. The van der Waals surface area contributed by atoms with Crippen LogP contribution in [0.1, 0.15) is 18.4 Å². The predicted octanol–water partition coefficient (Wildman–Crippen LogP) is 2.24. The molecular weight excluding hydrogens is 336 g/mol. The average Bonchev–Trinajstić information content (AvgIpc) is 2.22. The van der Waals surface area contributed by atoms with Gasteiger partial charge in [-0.05, 0) is 13.1 Å². The van der Waals surface area contributed by atoms with Crippen LogP contribution in [0, 0.1) is 19.4 Å². The first-order valence-electron chi connectivity index (χ1n) is 4.70. The number of hydrogen-bond donors (Lipinski definition) is 1. The molecule has 0 aliphatic carbocycles. The summed E-state index contributed by atoms with van der Waals surface area (Å²) in [7, 11) is 0. The first kappa shape index (κ1) is 18.6. The van der Waals surface area contributed by atoms with Gasteiger partial charge in [-0.25, -0.2) is 0 Å². The van der Waals surface area contributed by atoms with Crippen molar-refractivity contribution in [1.29, 1.82) is 0 Å². The Kier molecular flexibility index (Phi) is 16.5. The van der Waals surface area contributed by atoms with Crippen molar-refractivity contribution in [2.45, 2.75) is 12.8 Å². The molecule has 1 aliphatic heterocycles. The minimum atomic E-state index is 0. The Morgan fingerprint density at radius 1 is 1.20 bits per heavy atom. The van der Waals surface area contributed by atoms with Gasteiger partial charge in [0, 0.05) is 65.4 Å². The van der Waals surface area contributed by atoms with E-state index in [9.17, 15) is 0 Å². The van der Waals surface area contributed by atoms with E-state index in [-0.39, 0.29) is 65.4 Å². The molecule has 78 valence electrons. The van der Waals surface area contributed by atoms with Crippen LogP contribution in [0.3, 0.4) is 0 Å². The van der Waals surface area contributed by atoms with Crippen molar-refractivity contribution in [2.75, 3.05) is 13.1 Å². The molecule has 1 saturated heterocycles. The fourth-order valence-corrected chi connectivity index (χ4v) is 1.11. The van der Waals surface area contributed by atoms with Crippen LogP contribution in [0.2, 0.25) is 0 Å². The van der Waals surface area contributed by atoms with Gasteiger partial charge in [0.25, 0.3) is 0 Å². The van der Waals surface area contributed by atoms with Crippen LogP contribution in [-0.4, -0.2) is 13.1 Å². The summed E-state index contributed by atoms with van der Waals surface area (Å²) in [5.41, 5.74) is 0.947. The third-order valence-corrected chi connectivity index (χ3v) is 1.82. The van der Waals surface area contributed by atoms with Gasteiger partial charge < -0.3 is 30.3 Å². The second kappa shape index (κ2) is 13.3. The molecule has 3 heteroatoms. The molecule has 2 rings (SSSR count). The zero-order valence-corrected chi connectivity index (χ0v) is 14.8. The Hall–Kier alpha value is 1.26. The standard InChI is InChI=1S/C7H6.C5H10N.2Y/c1-7-5-3-2-4-6-7;1-2-4-6-5-3-1;;/h2-5H,1H2;1,6H,2-5H2;;/q-2;-1;;. The van der Waals surface area contributed by atoms with Gasteiger partial charge in [0.1, 0.15) is 0 Å². The summed E-state index contributed by atoms with van der Waals surface area (Å²) in [6, 6.07) is 10.6. The number of rotatable bonds is 0. The van der Waals surface area contributed by atoms with Crippen LogP contribution in [-0.2, 0) is 65.4 Å². The third kappa shape index (κ3) is 11.5. The van der Waals surface area contributed by atoms with Gasteiger partial charge in [0.05, 0.1) is 0 Å². The summed E-state index contributed by atoms with van der Waals surface area (Å²) in [4.78, 5) is 0. The van der Waals surface area contributed by atoms with Crippen molar-refractivity contribution in [3.63, 3.8) is 0 Å². The fraction of sp³-hybridized carbons (Fsp3) is 0.333. The van der Waals surface area contributed by atoms with Crippen LogP contribution in [0.5, 0.6) is 0 Å². The number of benzene rings is 1. The third-order valence-electron chi connectivity index (χ3n) is 1.82. The van der Waals surface area contributed by atoms with E-state index in [0.717, 1.165) is 5.56 Å². The molecule has 2 radical (unpaired) electrons. The molecule has 0 spiro atoms. The molecule has 15 heavy (non-hydrogen) atoms. The van der Waals surface area contributed by atoms with Crippen molar-refractivity contribution in [3.8, 4) is 0 Å². The fourth-order valence-electron chi connectivity index (χ4n) is 1.11. The van der Waals surface area contributed by atoms with E-state index in [2.05, 4.69) is 24.7 Å².